The van der Waals surface area contributed by atoms with Gasteiger partial charge in [-0.1, -0.05) is 12.1 Å². The van der Waals surface area contributed by atoms with Crippen molar-refractivity contribution in [3.05, 3.63) is 64.7 Å². The minimum Gasteiger partial charge on any atom is -0.496 e. The van der Waals surface area contributed by atoms with Crippen LogP contribution in [-0.2, 0) is 6.18 Å². The quantitative estimate of drug-likeness (QED) is 0.421. The zero-order valence-electron chi connectivity index (χ0n) is 13.9. The van der Waals surface area contributed by atoms with Gasteiger partial charge in [-0.05, 0) is 30.3 Å². The predicted molar refractivity (Wildman–Crippen MR) is 88.8 cm³/mol. The standard InChI is InChI=1S/C17H14F3N3O4/c1-27-14-8-10(15(24)23-26)6-7-11(14)9-21-22-16(25)12-4-2-3-5-13(12)17(18,19)20/h2-9,26H,1H3,(H,22,25)(H,23,24)/b21-9+. The Kier molecular flexibility index (Phi) is 6.14. The molecule has 0 atom stereocenters. The van der Waals surface area contributed by atoms with E-state index in [1.807, 2.05) is 5.43 Å². The topological polar surface area (TPSA) is 100 Å². The first-order valence-electron chi connectivity index (χ1n) is 7.40. The summed E-state index contributed by atoms with van der Waals surface area (Å²) >= 11 is 0. The molecular formula is C17H14F3N3O4. The number of nitrogens with one attached hydrogen (secondary N) is 2. The van der Waals surface area contributed by atoms with Crippen molar-refractivity contribution in [2.45, 2.75) is 6.18 Å². The molecule has 2 aromatic carbocycles. The molecule has 0 saturated heterocycles. The van der Waals surface area contributed by atoms with Gasteiger partial charge >= 0.3 is 6.18 Å². The van der Waals surface area contributed by atoms with E-state index in [0.717, 1.165) is 18.3 Å². The first-order valence-corrected chi connectivity index (χ1v) is 7.40. The summed E-state index contributed by atoms with van der Waals surface area (Å²) in [6.07, 6.45) is -3.53. The molecule has 0 fully saturated rings. The van der Waals surface area contributed by atoms with Crippen molar-refractivity contribution in [1.82, 2.24) is 10.9 Å². The Morgan fingerprint density at radius 1 is 1.15 bits per heavy atom. The number of alkyl halides is 3. The first kappa shape index (κ1) is 19.9. The summed E-state index contributed by atoms with van der Waals surface area (Å²) in [4.78, 5) is 23.4. The van der Waals surface area contributed by atoms with Gasteiger partial charge in [-0.2, -0.15) is 18.3 Å². The molecule has 0 heterocycles. The van der Waals surface area contributed by atoms with Gasteiger partial charge in [0.2, 0.25) is 0 Å². The van der Waals surface area contributed by atoms with E-state index in [0.29, 0.717) is 5.56 Å². The van der Waals surface area contributed by atoms with Crippen LogP contribution in [0.3, 0.4) is 0 Å². The summed E-state index contributed by atoms with van der Waals surface area (Å²) in [5.74, 6) is -1.59. The number of carbonyl (C=O) groups excluding carboxylic acids is 2. The number of hydrogen-bond donors (Lipinski definition) is 3. The molecule has 2 aromatic rings. The van der Waals surface area contributed by atoms with Crippen LogP contribution in [0.25, 0.3) is 0 Å². The van der Waals surface area contributed by atoms with Gasteiger partial charge in [0.25, 0.3) is 11.8 Å². The lowest BCUT2D eigenvalue weighted by Crippen LogP contribution is -2.22. The molecule has 0 aliphatic heterocycles. The lowest BCUT2D eigenvalue weighted by Gasteiger charge is -2.11. The van der Waals surface area contributed by atoms with E-state index in [9.17, 15) is 22.8 Å². The van der Waals surface area contributed by atoms with Crippen molar-refractivity contribution < 1.29 is 32.7 Å². The maximum Gasteiger partial charge on any atom is 0.417 e. The van der Waals surface area contributed by atoms with Gasteiger partial charge in [0.15, 0.2) is 0 Å². The van der Waals surface area contributed by atoms with Crippen LogP contribution in [-0.4, -0.2) is 30.3 Å². The van der Waals surface area contributed by atoms with Gasteiger partial charge in [0.1, 0.15) is 5.75 Å². The molecule has 0 aromatic heterocycles. The van der Waals surface area contributed by atoms with Crippen LogP contribution in [0.1, 0.15) is 31.8 Å². The van der Waals surface area contributed by atoms with Crippen molar-refractivity contribution in [3.63, 3.8) is 0 Å². The van der Waals surface area contributed by atoms with Crippen LogP contribution >= 0.6 is 0 Å². The number of nitrogens with zero attached hydrogens (tertiary/aromatic N) is 1. The average molecular weight is 381 g/mol. The number of hydroxylamine groups is 1. The van der Waals surface area contributed by atoms with E-state index in [1.165, 1.54) is 42.9 Å². The third-order valence-corrected chi connectivity index (χ3v) is 3.44. The van der Waals surface area contributed by atoms with Gasteiger partial charge in [0.05, 0.1) is 24.5 Å². The minimum atomic E-state index is -4.68. The van der Waals surface area contributed by atoms with Gasteiger partial charge < -0.3 is 4.74 Å². The number of carbonyl (C=O) groups is 2. The highest BCUT2D eigenvalue weighted by atomic mass is 19.4. The summed E-state index contributed by atoms with van der Waals surface area (Å²) in [6, 6.07) is 8.41. The molecule has 10 heteroatoms. The maximum absolute atomic E-state index is 12.9. The molecule has 3 N–H and O–H groups in total. The van der Waals surface area contributed by atoms with Crippen molar-refractivity contribution in [2.24, 2.45) is 5.10 Å². The Morgan fingerprint density at radius 3 is 2.48 bits per heavy atom. The second-order valence-electron chi connectivity index (χ2n) is 5.14. The molecule has 0 aliphatic carbocycles. The van der Waals surface area contributed by atoms with Crippen LogP contribution in [0.5, 0.6) is 5.75 Å². The average Bonchev–Trinajstić information content (AvgIpc) is 2.66. The summed E-state index contributed by atoms with van der Waals surface area (Å²) in [5, 5.41) is 12.2. The second kappa shape index (κ2) is 8.32. The Labute approximate surface area is 151 Å². The number of methoxy groups -OCH3 is 1. The van der Waals surface area contributed by atoms with Crippen molar-refractivity contribution in [2.75, 3.05) is 7.11 Å². The van der Waals surface area contributed by atoms with Crippen LogP contribution < -0.4 is 15.6 Å². The fourth-order valence-corrected chi connectivity index (χ4v) is 2.17. The molecule has 0 unspecified atom stereocenters. The van der Waals surface area contributed by atoms with Gasteiger partial charge in [0, 0.05) is 11.1 Å². The van der Waals surface area contributed by atoms with E-state index >= 15 is 0 Å². The van der Waals surface area contributed by atoms with Gasteiger partial charge in [-0.15, -0.1) is 0 Å². The highest BCUT2D eigenvalue weighted by Gasteiger charge is 2.34. The van der Waals surface area contributed by atoms with Gasteiger partial charge in [-0.3, -0.25) is 14.8 Å². The van der Waals surface area contributed by atoms with Crippen LogP contribution in [0.4, 0.5) is 13.2 Å². The van der Waals surface area contributed by atoms with E-state index in [4.69, 9.17) is 9.94 Å². The molecule has 0 aliphatic rings. The molecule has 2 amide bonds. The largest absolute Gasteiger partial charge is 0.496 e. The number of hydrazone groups is 1. The zero-order valence-corrected chi connectivity index (χ0v) is 13.9. The van der Waals surface area contributed by atoms with Crippen molar-refractivity contribution in [3.8, 4) is 5.75 Å². The highest BCUT2D eigenvalue weighted by molar-refractivity contribution is 5.97. The predicted octanol–water partition coefficient (Wildman–Crippen LogP) is 2.60. The Morgan fingerprint density at radius 2 is 1.85 bits per heavy atom. The summed E-state index contributed by atoms with van der Waals surface area (Å²) in [5.41, 5.74) is 2.29. The molecule has 27 heavy (non-hydrogen) atoms. The van der Waals surface area contributed by atoms with E-state index < -0.39 is 29.1 Å². The number of amides is 2. The number of halogens is 3. The number of benzene rings is 2. The number of ether oxygens (including phenoxy) is 1. The summed E-state index contributed by atoms with van der Waals surface area (Å²) in [7, 11) is 1.32. The fraction of sp³-hybridized carbons (Fsp3) is 0.118. The molecular weight excluding hydrogens is 367 g/mol. The zero-order chi connectivity index (χ0) is 20.0. The smallest absolute Gasteiger partial charge is 0.417 e. The molecule has 2 rings (SSSR count). The normalized spacial score (nSPS) is 11.3. The second-order valence-corrected chi connectivity index (χ2v) is 5.14. The molecule has 0 spiro atoms. The van der Waals surface area contributed by atoms with Crippen LogP contribution in [0.15, 0.2) is 47.6 Å². The minimum absolute atomic E-state index is 0.106. The molecule has 0 saturated carbocycles. The summed E-state index contributed by atoms with van der Waals surface area (Å²) in [6.45, 7) is 0. The number of hydrogen-bond acceptors (Lipinski definition) is 5. The summed E-state index contributed by atoms with van der Waals surface area (Å²) < 4.78 is 43.9. The van der Waals surface area contributed by atoms with Gasteiger partial charge in [-0.25, -0.2) is 10.9 Å². The third kappa shape index (κ3) is 4.82. The maximum atomic E-state index is 12.9. The molecule has 7 nitrogen and oxygen atoms in total. The first-order chi connectivity index (χ1) is 12.8. The van der Waals surface area contributed by atoms with E-state index in [1.54, 1.807) is 0 Å². The lowest BCUT2D eigenvalue weighted by atomic mass is 10.1. The van der Waals surface area contributed by atoms with E-state index in [2.05, 4.69) is 5.10 Å². The highest BCUT2D eigenvalue weighted by Crippen LogP contribution is 2.31. The lowest BCUT2D eigenvalue weighted by molar-refractivity contribution is -0.137. The van der Waals surface area contributed by atoms with Crippen LogP contribution in [0.2, 0.25) is 0 Å². The van der Waals surface area contributed by atoms with E-state index in [-0.39, 0.29) is 11.3 Å². The fourth-order valence-electron chi connectivity index (χ4n) is 2.17. The number of rotatable bonds is 5. The van der Waals surface area contributed by atoms with Crippen LogP contribution in [0, 0.1) is 0 Å². The Bertz CT molecular complexity index is 882. The third-order valence-electron chi connectivity index (χ3n) is 3.44. The molecule has 0 radical (unpaired) electrons. The molecule has 142 valence electrons. The Balaban J connectivity index is 2.19. The van der Waals surface area contributed by atoms with Crippen molar-refractivity contribution >= 4 is 18.0 Å². The Hall–Kier alpha value is -3.40. The molecule has 0 bridgehead atoms. The monoisotopic (exact) mass is 381 g/mol. The SMILES string of the molecule is COc1cc(C(=O)NO)ccc1/C=N/NC(=O)c1ccccc1C(F)(F)F. The van der Waals surface area contributed by atoms with Crippen molar-refractivity contribution in [1.29, 1.82) is 0 Å².